The monoisotopic (exact) mass is 382 g/mol. The fourth-order valence-electron chi connectivity index (χ4n) is 3.39. The number of primary amides is 1. The molecule has 2 aromatic carbocycles. The van der Waals surface area contributed by atoms with Gasteiger partial charge in [0.05, 0.1) is 13.2 Å². The van der Waals surface area contributed by atoms with Gasteiger partial charge in [-0.15, -0.1) is 0 Å². The van der Waals surface area contributed by atoms with Crippen molar-refractivity contribution in [1.82, 2.24) is 5.32 Å². The largest absolute Gasteiger partial charge is 0.493 e. The second-order valence-corrected chi connectivity index (χ2v) is 6.96. The first-order chi connectivity index (χ1) is 13.6. The van der Waals surface area contributed by atoms with Gasteiger partial charge in [0.15, 0.2) is 11.5 Å². The van der Waals surface area contributed by atoms with E-state index in [0.717, 1.165) is 18.4 Å². The van der Waals surface area contributed by atoms with Gasteiger partial charge in [0.2, 0.25) is 5.91 Å². The van der Waals surface area contributed by atoms with Gasteiger partial charge in [0, 0.05) is 17.7 Å². The molecular formula is C22H26N2O4. The maximum absolute atomic E-state index is 12.5. The van der Waals surface area contributed by atoms with Crippen LogP contribution >= 0.6 is 0 Å². The molecule has 6 heteroatoms. The lowest BCUT2D eigenvalue weighted by molar-refractivity contribution is 0.0952. The van der Waals surface area contributed by atoms with Gasteiger partial charge in [-0.25, -0.2) is 0 Å². The number of amides is 2. The average molecular weight is 382 g/mol. The maximum atomic E-state index is 12.5. The fourth-order valence-corrected chi connectivity index (χ4v) is 3.39. The Morgan fingerprint density at radius 2 is 1.86 bits per heavy atom. The van der Waals surface area contributed by atoms with E-state index in [9.17, 15) is 9.59 Å². The molecule has 2 amide bonds. The van der Waals surface area contributed by atoms with Gasteiger partial charge in [-0.3, -0.25) is 9.59 Å². The SMILES string of the molecule is COc1cc(C(=O)NCCc2cccc(C(N)=O)c2)ccc1OC1CCCC1. The van der Waals surface area contributed by atoms with Crippen LogP contribution in [0.4, 0.5) is 0 Å². The smallest absolute Gasteiger partial charge is 0.251 e. The third-order valence-corrected chi connectivity index (χ3v) is 4.93. The van der Waals surface area contributed by atoms with Crippen molar-refractivity contribution in [3.63, 3.8) is 0 Å². The Hall–Kier alpha value is -3.02. The van der Waals surface area contributed by atoms with Gasteiger partial charge in [0.25, 0.3) is 5.91 Å². The second kappa shape index (κ2) is 9.26. The number of benzene rings is 2. The van der Waals surface area contributed by atoms with Crippen LogP contribution in [0.15, 0.2) is 42.5 Å². The quantitative estimate of drug-likeness (QED) is 0.734. The standard InChI is InChI=1S/C22H26N2O4/c1-27-20-14-17(9-10-19(20)28-18-7-2-3-8-18)22(26)24-12-11-15-5-4-6-16(13-15)21(23)25/h4-6,9-10,13-14,18H,2-3,7-8,11-12H2,1H3,(H2,23,25)(H,24,26). The zero-order valence-electron chi connectivity index (χ0n) is 16.1. The van der Waals surface area contributed by atoms with E-state index in [1.807, 2.05) is 6.07 Å². The number of methoxy groups -OCH3 is 1. The highest BCUT2D eigenvalue weighted by Gasteiger charge is 2.19. The van der Waals surface area contributed by atoms with Crippen LogP contribution in [0, 0.1) is 0 Å². The van der Waals surface area contributed by atoms with E-state index in [4.69, 9.17) is 15.2 Å². The number of nitrogens with one attached hydrogen (secondary N) is 1. The highest BCUT2D eigenvalue weighted by atomic mass is 16.5. The van der Waals surface area contributed by atoms with Crippen LogP contribution in [-0.2, 0) is 6.42 Å². The van der Waals surface area contributed by atoms with Crippen LogP contribution in [0.25, 0.3) is 0 Å². The second-order valence-electron chi connectivity index (χ2n) is 6.96. The molecule has 2 aromatic rings. The normalized spacial score (nSPS) is 13.9. The molecule has 148 valence electrons. The number of carbonyl (C=O) groups excluding carboxylic acids is 2. The van der Waals surface area contributed by atoms with Crippen LogP contribution in [0.2, 0.25) is 0 Å². The summed E-state index contributed by atoms with van der Waals surface area (Å²) in [6, 6.07) is 12.3. The number of ether oxygens (including phenoxy) is 2. The molecule has 1 saturated carbocycles. The molecule has 0 aliphatic heterocycles. The lowest BCUT2D eigenvalue weighted by atomic mass is 10.1. The van der Waals surface area contributed by atoms with Gasteiger partial charge in [-0.1, -0.05) is 12.1 Å². The topological polar surface area (TPSA) is 90.6 Å². The molecule has 0 aromatic heterocycles. The highest BCUT2D eigenvalue weighted by Crippen LogP contribution is 2.32. The summed E-state index contributed by atoms with van der Waals surface area (Å²) in [5.74, 6) is 0.595. The first-order valence-electron chi connectivity index (χ1n) is 9.58. The lowest BCUT2D eigenvalue weighted by Crippen LogP contribution is -2.25. The van der Waals surface area contributed by atoms with Crippen molar-refractivity contribution in [2.75, 3.05) is 13.7 Å². The highest BCUT2D eigenvalue weighted by molar-refractivity contribution is 5.95. The molecule has 0 radical (unpaired) electrons. The third kappa shape index (κ3) is 5.03. The molecule has 0 unspecified atom stereocenters. The Bertz CT molecular complexity index is 844. The molecule has 0 bridgehead atoms. The van der Waals surface area contributed by atoms with Crippen LogP contribution in [-0.4, -0.2) is 31.6 Å². The van der Waals surface area contributed by atoms with Crippen LogP contribution in [0.5, 0.6) is 11.5 Å². The van der Waals surface area contributed by atoms with Crippen molar-refractivity contribution >= 4 is 11.8 Å². The molecule has 6 nitrogen and oxygen atoms in total. The number of carbonyl (C=O) groups is 2. The predicted octanol–water partition coefficient (Wildman–Crippen LogP) is 3.09. The van der Waals surface area contributed by atoms with Gasteiger partial charge >= 0.3 is 0 Å². The molecule has 3 rings (SSSR count). The van der Waals surface area contributed by atoms with E-state index in [1.54, 1.807) is 43.5 Å². The molecule has 0 spiro atoms. The Labute approximate surface area is 165 Å². The lowest BCUT2D eigenvalue weighted by Gasteiger charge is -2.16. The fraction of sp³-hybridized carbons (Fsp3) is 0.364. The summed E-state index contributed by atoms with van der Waals surface area (Å²) in [4.78, 5) is 23.7. The van der Waals surface area contributed by atoms with E-state index < -0.39 is 5.91 Å². The van der Waals surface area contributed by atoms with E-state index in [1.165, 1.54) is 12.8 Å². The molecule has 3 N–H and O–H groups in total. The predicted molar refractivity (Wildman–Crippen MR) is 107 cm³/mol. The summed E-state index contributed by atoms with van der Waals surface area (Å²) < 4.78 is 11.4. The Kier molecular flexibility index (Phi) is 6.53. The summed E-state index contributed by atoms with van der Waals surface area (Å²) >= 11 is 0. The molecular weight excluding hydrogens is 356 g/mol. The van der Waals surface area contributed by atoms with Crippen molar-refractivity contribution in [2.45, 2.75) is 38.2 Å². The van der Waals surface area contributed by atoms with E-state index >= 15 is 0 Å². The molecule has 1 aliphatic rings. The molecule has 0 saturated heterocycles. The first-order valence-corrected chi connectivity index (χ1v) is 9.58. The van der Waals surface area contributed by atoms with E-state index in [0.29, 0.717) is 35.6 Å². The van der Waals surface area contributed by atoms with Gasteiger partial charge in [0.1, 0.15) is 0 Å². The average Bonchev–Trinajstić information content (AvgIpc) is 3.21. The van der Waals surface area contributed by atoms with Crippen molar-refractivity contribution < 1.29 is 19.1 Å². The molecule has 1 fully saturated rings. The van der Waals surface area contributed by atoms with Crippen LogP contribution < -0.4 is 20.5 Å². The van der Waals surface area contributed by atoms with Crippen molar-refractivity contribution in [3.05, 3.63) is 59.2 Å². The third-order valence-electron chi connectivity index (χ3n) is 4.93. The first kappa shape index (κ1) is 19.7. The van der Waals surface area contributed by atoms with E-state index in [2.05, 4.69) is 5.32 Å². The summed E-state index contributed by atoms with van der Waals surface area (Å²) in [5.41, 5.74) is 7.21. The Balaban J connectivity index is 1.57. The van der Waals surface area contributed by atoms with Crippen molar-refractivity contribution in [1.29, 1.82) is 0 Å². The summed E-state index contributed by atoms with van der Waals surface area (Å²) in [7, 11) is 1.57. The van der Waals surface area contributed by atoms with Gasteiger partial charge in [-0.05, 0) is 68.0 Å². The van der Waals surface area contributed by atoms with Crippen molar-refractivity contribution in [3.8, 4) is 11.5 Å². The number of hydrogen-bond acceptors (Lipinski definition) is 4. The van der Waals surface area contributed by atoms with Gasteiger partial charge in [-0.2, -0.15) is 0 Å². The summed E-state index contributed by atoms with van der Waals surface area (Å²) in [6.07, 6.45) is 5.33. The molecule has 0 atom stereocenters. The number of nitrogens with two attached hydrogens (primary N) is 1. The molecule has 28 heavy (non-hydrogen) atoms. The van der Waals surface area contributed by atoms with Gasteiger partial charge < -0.3 is 20.5 Å². The summed E-state index contributed by atoms with van der Waals surface area (Å²) in [6.45, 7) is 0.448. The van der Waals surface area contributed by atoms with Crippen LogP contribution in [0.3, 0.4) is 0 Å². The minimum atomic E-state index is -0.460. The zero-order valence-corrected chi connectivity index (χ0v) is 16.1. The van der Waals surface area contributed by atoms with E-state index in [-0.39, 0.29) is 12.0 Å². The minimum Gasteiger partial charge on any atom is -0.493 e. The molecule has 0 heterocycles. The summed E-state index contributed by atoms with van der Waals surface area (Å²) in [5, 5.41) is 2.89. The molecule has 1 aliphatic carbocycles. The van der Waals surface area contributed by atoms with Crippen LogP contribution in [0.1, 0.15) is 52.0 Å². The Morgan fingerprint density at radius 3 is 2.57 bits per heavy atom. The minimum absolute atomic E-state index is 0.184. The zero-order chi connectivity index (χ0) is 19.9. The Morgan fingerprint density at radius 1 is 1.07 bits per heavy atom. The van der Waals surface area contributed by atoms with Crippen molar-refractivity contribution in [2.24, 2.45) is 5.73 Å². The maximum Gasteiger partial charge on any atom is 0.251 e. The number of hydrogen-bond donors (Lipinski definition) is 2. The number of rotatable bonds is 8.